The van der Waals surface area contributed by atoms with Crippen LogP contribution in [0.1, 0.15) is 31.4 Å². The van der Waals surface area contributed by atoms with Gasteiger partial charge in [0.15, 0.2) is 0 Å². The summed E-state index contributed by atoms with van der Waals surface area (Å²) in [6.45, 7) is 2.20. The molecule has 0 aliphatic heterocycles. The van der Waals surface area contributed by atoms with Gasteiger partial charge < -0.3 is 10.6 Å². The largest absolute Gasteiger partial charge is 0.382 e. The first kappa shape index (κ1) is 11.4. The van der Waals surface area contributed by atoms with Crippen LogP contribution >= 0.6 is 0 Å². The van der Waals surface area contributed by atoms with Crippen molar-refractivity contribution in [2.24, 2.45) is 17.6 Å². The van der Waals surface area contributed by atoms with Gasteiger partial charge in [-0.25, -0.2) is 9.97 Å². The maximum absolute atomic E-state index is 7.32. The van der Waals surface area contributed by atoms with Crippen molar-refractivity contribution < 1.29 is 0 Å². The van der Waals surface area contributed by atoms with Crippen molar-refractivity contribution in [2.45, 2.75) is 25.7 Å². The smallest absolute Gasteiger partial charge is 0.147 e. The van der Waals surface area contributed by atoms with Crippen LogP contribution in [0.25, 0.3) is 0 Å². The number of aromatic nitrogens is 2. The topological polar surface area (TPSA) is 78.9 Å². The van der Waals surface area contributed by atoms with E-state index in [1.54, 1.807) is 12.4 Å². The Morgan fingerprint density at radius 3 is 2.17 bits per heavy atom. The summed E-state index contributed by atoms with van der Waals surface area (Å²) < 4.78 is 0. The van der Waals surface area contributed by atoms with E-state index >= 15 is 0 Å². The molecular weight excluding hydrogens is 226 g/mol. The first-order valence-electron chi connectivity index (χ1n) is 6.64. The van der Waals surface area contributed by atoms with Gasteiger partial charge in [0.25, 0.3) is 0 Å². The number of hydrogen-bond donors (Lipinski definition) is 2. The fourth-order valence-corrected chi connectivity index (χ4v) is 2.11. The summed E-state index contributed by atoms with van der Waals surface area (Å²) in [5, 5.41) is 7.32. The van der Waals surface area contributed by atoms with E-state index < -0.39 is 0 Å². The number of nitrogen functional groups attached to an aromatic ring is 1. The molecule has 0 unspecified atom stereocenters. The van der Waals surface area contributed by atoms with E-state index in [1.165, 1.54) is 25.7 Å². The lowest BCUT2D eigenvalue weighted by Crippen LogP contribution is -2.29. The molecule has 0 amide bonds. The highest BCUT2D eigenvalue weighted by Gasteiger charge is 2.29. The Hall–Kier alpha value is -1.65. The van der Waals surface area contributed by atoms with Gasteiger partial charge in [0.1, 0.15) is 17.3 Å². The van der Waals surface area contributed by atoms with E-state index in [-0.39, 0.29) is 5.84 Å². The van der Waals surface area contributed by atoms with Crippen molar-refractivity contribution >= 4 is 11.7 Å². The number of rotatable bonds is 6. The third kappa shape index (κ3) is 2.78. The summed E-state index contributed by atoms with van der Waals surface area (Å²) in [6, 6.07) is 0. The van der Waals surface area contributed by atoms with Gasteiger partial charge in [-0.1, -0.05) is 0 Å². The van der Waals surface area contributed by atoms with Gasteiger partial charge in [0.2, 0.25) is 0 Å². The quantitative estimate of drug-likeness (QED) is 0.586. The molecule has 0 saturated heterocycles. The number of nitrogens with one attached hydrogen (secondary N) is 1. The number of hydrogen-bond acceptors (Lipinski definition) is 4. The van der Waals surface area contributed by atoms with Crippen molar-refractivity contribution in [1.29, 1.82) is 5.41 Å². The summed E-state index contributed by atoms with van der Waals surface area (Å²) in [5.41, 5.74) is 5.84. The lowest BCUT2D eigenvalue weighted by molar-refractivity contribution is 0.670. The van der Waals surface area contributed by atoms with E-state index in [0.717, 1.165) is 30.7 Å². The van der Waals surface area contributed by atoms with E-state index in [2.05, 4.69) is 14.9 Å². The number of amidine groups is 1. The Balaban J connectivity index is 1.72. The van der Waals surface area contributed by atoms with Gasteiger partial charge in [-0.05, 0) is 37.5 Å². The Bertz CT molecular complexity index is 419. The molecule has 0 atom stereocenters. The van der Waals surface area contributed by atoms with E-state index in [1.807, 2.05) is 0 Å². The summed E-state index contributed by atoms with van der Waals surface area (Å²) in [4.78, 5) is 11.0. The van der Waals surface area contributed by atoms with Crippen LogP contribution in [0.3, 0.4) is 0 Å². The monoisotopic (exact) mass is 245 g/mol. The highest BCUT2D eigenvalue weighted by atomic mass is 15.2. The molecule has 2 aliphatic rings. The minimum absolute atomic E-state index is 0.0232. The number of nitrogens with zero attached hydrogens (tertiary/aromatic N) is 3. The van der Waals surface area contributed by atoms with Crippen molar-refractivity contribution in [2.75, 3.05) is 18.0 Å². The van der Waals surface area contributed by atoms with Crippen LogP contribution in [-0.2, 0) is 0 Å². The molecule has 0 radical (unpaired) electrons. The zero-order valence-corrected chi connectivity index (χ0v) is 10.5. The van der Waals surface area contributed by atoms with Crippen LogP contribution in [0, 0.1) is 17.2 Å². The molecule has 3 rings (SSSR count). The normalized spacial score (nSPS) is 18.7. The predicted octanol–water partition coefficient (Wildman–Crippen LogP) is 1.39. The molecule has 0 aromatic carbocycles. The van der Waals surface area contributed by atoms with Gasteiger partial charge in [-0.2, -0.15) is 0 Å². The summed E-state index contributed by atoms with van der Waals surface area (Å²) in [6.07, 6.45) is 8.74. The zero-order valence-electron chi connectivity index (χ0n) is 10.5. The molecule has 1 aromatic rings. The maximum Gasteiger partial charge on any atom is 0.147 e. The minimum Gasteiger partial charge on any atom is -0.382 e. The molecule has 2 saturated carbocycles. The fourth-order valence-electron chi connectivity index (χ4n) is 2.11. The van der Waals surface area contributed by atoms with Gasteiger partial charge in [-0.15, -0.1) is 0 Å². The summed E-state index contributed by atoms with van der Waals surface area (Å²) in [7, 11) is 0. The molecule has 1 heterocycles. The second kappa shape index (κ2) is 4.55. The third-order valence-electron chi connectivity index (χ3n) is 3.59. The van der Waals surface area contributed by atoms with Crippen molar-refractivity contribution in [3.8, 4) is 0 Å². The number of nitrogens with two attached hydrogens (primary N) is 1. The SMILES string of the molecule is N=C(N)c1cnc(N(CC2CC2)CC2CC2)cn1. The van der Waals surface area contributed by atoms with Crippen molar-refractivity contribution in [3.05, 3.63) is 18.1 Å². The summed E-state index contributed by atoms with van der Waals surface area (Å²) >= 11 is 0. The van der Waals surface area contributed by atoms with Gasteiger partial charge in [0.05, 0.1) is 12.4 Å². The van der Waals surface area contributed by atoms with Gasteiger partial charge >= 0.3 is 0 Å². The maximum atomic E-state index is 7.32. The Kier molecular flexibility index (Phi) is 2.89. The standard InChI is InChI=1S/C13H19N5/c14-13(15)11-5-17-12(6-16-11)18(7-9-1-2-9)8-10-3-4-10/h5-6,9-10H,1-4,7-8H2,(H3,14,15). The first-order chi connectivity index (χ1) is 8.72. The van der Waals surface area contributed by atoms with Crippen molar-refractivity contribution in [1.82, 2.24) is 9.97 Å². The average Bonchev–Trinajstić information content (AvgIpc) is 3.23. The molecule has 0 bridgehead atoms. The Morgan fingerprint density at radius 2 is 1.78 bits per heavy atom. The molecular formula is C13H19N5. The fraction of sp³-hybridized carbons (Fsp3) is 0.615. The third-order valence-corrected chi connectivity index (χ3v) is 3.59. The molecule has 1 aromatic heterocycles. The van der Waals surface area contributed by atoms with Crippen molar-refractivity contribution in [3.63, 3.8) is 0 Å². The summed E-state index contributed by atoms with van der Waals surface area (Å²) in [5.74, 6) is 2.60. The van der Waals surface area contributed by atoms with Crippen LogP contribution in [0.15, 0.2) is 12.4 Å². The van der Waals surface area contributed by atoms with Gasteiger partial charge in [-0.3, -0.25) is 5.41 Å². The van der Waals surface area contributed by atoms with E-state index in [4.69, 9.17) is 11.1 Å². The molecule has 2 aliphatic carbocycles. The Morgan fingerprint density at radius 1 is 1.17 bits per heavy atom. The van der Waals surface area contributed by atoms with Gasteiger partial charge in [0, 0.05) is 13.1 Å². The zero-order chi connectivity index (χ0) is 12.5. The average molecular weight is 245 g/mol. The molecule has 5 heteroatoms. The molecule has 3 N–H and O–H groups in total. The lowest BCUT2D eigenvalue weighted by Gasteiger charge is -2.23. The van der Waals surface area contributed by atoms with Crippen LogP contribution in [0.4, 0.5) is 5.82 Å². The molecule has 5 nitrogen and oxygen atoms in total. The van der Waals surface area contributed by atoms with Crippen LogP contribution in [0.2, 0.25) is 0 Å². The first-order valence-corrected chi connectivity index (χ1v) is 6.64. The predicted molar refractivity (Wildman–Crippen MR) is 70.7 cm³/mol. The second-order valence-corrected chi connectivity index (χ2v) is 5.47. The molecule has 0 spiro atoms. The lowest BCUT2D eigenvalue weighted by atomic mass is 10.3. The van der Waals surface area contributed by atoms with Crippen LogP contribution < -0.4 is 10.6 Å². The highest BCUT2D eigenvalue weighted by molar-refractivity contribution is 5.92. The van der Waals surface area contributed by atoms with E-state index in [0.29, 0.717) is 5.69 Å². The molecule has 2 fully saturated rings. The van der Waals surface area contributed by atoms with Crippen LogP contribution in [-0.4, -0.2) is 28.9 Å². The molecule has 96 valence electrons. The number of anilines is 1. The second-order valence-electron chi connectivity index (χ2n) is 5.47. The van der Waals surface area contributed by atoms with Crippen LogP contribution in [0.5, 0.6) is 0 Å². The highest BCUT2D eigenvalue weighted by Crippen LogP contribution is 2.35. The minimum atomic E-state index is -0.0232. The Labute approximate surface area is 107 Å². The molecule has 18 heavy (non-hydrogen) atoms. The van der Waals surface area contributed by atoms with E-state index in [9.17, 15) is 0 Å².